The van der Waals surface area contributed by atoms with Crippen molar-refractivity contribution >= 4 is 17.5 Å². The molecule has 1 aromatic heterocycles. The van der Waals surface area contributed by atoms with Crippen LogP contribution in [0.1, 0.15) is 24.7 Å². The molecule has 2 aromatic rings. The number of carbonyl (C=O) groups excluding carboxylic acids is 1. The van der Waals surface area contributed by atoms with Gasteiger partial charge >= 0.3 is 0 Å². The number of hydrogen-bond donors (Lipinski definition) is 0. The first-order chi connectivity index (χ1) is 11.2. The third kappa shape index (κ3) is 3.71. The molecule has 1 amide bonds. The molecule has 6 nitrogen and oxygen atoms in total. The lowest BCUT2D eigenvalue weighted by atomic mass is 9.97. The highest BCUT2D eigenvalue weighted by molar-refractivity contribution is 6.30. The van der Waals surface area contributed by atoms with Crippen molar-refractivity contribution in [2.45, 2.75) is 18.8 Å². The van der Waals surface area contributed by atoms with Crippen molar-refractivity contribution in [1.29, 1.82) is 0 Å². The minimum Gasteiger partial charge on any atom is -0.375 e. The fraction of sp³-hybridized carbons (Fsp3) is 0.438. The molecule has 0 saturated carbocycles. The van der Waals surface area contributed by atoms with E-state index in [0.29, 0.717) is 29.8 Å². The summed E-state index contributed by atoms with van der Waals surface area (Å²) < 4.78 is 10.3. The quantitative estimate of drug-likeness (QED) is 0.859. The third-order valence-electron chi connectivity index (χ3n) is 4.01. The average Bonchev–Trinajstić information content (AvgIpc) is 3.06. The zero-order chi connectivity index (χ0) is 16.2. The summed E-state index contributed by atoms with van der Waals surface area (Å²) in [5.41, 5.74) is 0.872. The first-order valence-electron chi connectivity index (χ1n) is 7.53. The Balaban J connectivity index is 1.63. The van der Waals surface area contributed by atoms with E-state index in [4.69, 9.17) is 20.9 Å². The Morgan fingerprint density at radius 1 is 1.35 bits per heavy atom. The van der Waals surface area contributed by atoms with Crippen LogP contribution in [0, 0.1) is 0 Å². The van der Waals surface area contributed by atoms with E-state index in [1.54, 1.807) is 12.1 Å². The van der Waals surface area contributed by atoms with Crippen molar-refractivity contribution in [3.63, 3.8) is 0 Å². The van der Waals surface area contributed by atoms with E-state index in [0.717, 1.165) is 18.4 Å². The van der Waals surface area contributed by atoms with Gasteiger partial charge in [0.05, 0.1) is 0 Å². The normalized spacial score (nSPS) is 15.8. The second-order valence-electron chi connectivity index (χ2n) is 5.55. The van der Waals surface area contributed by atoms with Gasteiger partial charge in [0.25, 0.3) is 0 Å². The van der Waals surface area contributed by atoms with Crippen LogP contribution in [0.25, 0.3) is 11.4 Å². The SMILES string of the molecule is COCC(=O)N1CCC(c2nc(-c3ccc(Cl)cc3)no2)CC1. The molecule has 0 spiro atoms. The number of halogens is 1. The van der Waals surface area contributed by atoms with Gasteiger partial charge in [-0.15, -0.1) is 0 Å². The van der Waals surface area contributed by atoms with E-state index < -0.39 is 0 Å². The van der Waals surface area contributed by atoms with Crippen LogP contribution in [0.5, 0.6) is 0 Å². The Morgan fingerprint density at radius 3 is 2.70 bits per heavy atom. The molecule has 0 atom stereocenters. The van der Waals surface area contributed by atoms with Gasteiger partial charge in [0.15, 0.2) is 0 Å². The molecule has 7 heteroatoms. The minimum absolute atomic E-state index is 0.0262. The van der Waals surface area contributed by atoms with E-state index in [1.807, 2.05) is 17.0 Å². The zero-order valence-electron chi connectivity index (χ0n) is 12.9. The summed E-state index contributed by atoms with van der Waals surface area (Å²) in [7, 11) is 1.53. The molecule has 0 unspecified atom stereocenters. The summed E-state index contributed by atoms with van der Waals surface area (Å²) in [6, 6.07) is 7.33. The van der Waals surface area contributed by atoms with Crippen molar-refractivity contribution in [3.8, 4) is 11.4 Å². The summed E-state index contributed by atoms with van der Waals surface area (Å²) >= 11 is 5.88. The Hall–Kier alpha value is -1.92. The number of benzene rings is 1. The molecule has 1 aliphatic heterocycles. The maximum atomic E-state index is 11.8. The maximum Gasteiger partial charge on any atom is 0.248 e. The number of likely N-dealkylation sites (tertiary alicyclic amines) is 1. The molecule has 1 aromatic carbocycles. The number of rotatable bonds is 4. The first kappa shape index (κ1) is 16.0. The summed E-state index contributed by atoms with van der Waals surface area (Å²) in [6.07, 6.45) is 1.63. The second kappa shape index (κ2) is 7.10. The van der Waals surface area contributed by atoms with Crippen LogP contribution in [-0.4, -0.2) is 47.8 Å². The predicted octanol–water partition coefficient (Wildman–Crippen LogP) is 2.74. The number of nitrogens with zero attached hydrogens (tertiary/aromatic N) is 3. The molecule has 2 heterocycles. The Bertz CT molecular complexity index is 663. The highest BCUT2D eigenvalue weighted by atomic mass is 35.5. The van der Waals surface area contributed by atoms with Crippen molar-refractivity contribution < 1.29 is 14.1 Å². The lowest BCUT2D eigenvalue weighted by Crippen LogP contribution is -2.39. The smallest absolute Gasteiger partial charge is 0.248 e. The molecule has 3 rings (SSSR count). The van der Waals surface area contributed by atoms with E-state index in [1.165, 1.54) is 7.11 Å². The van der Waals surface area contributed by atoms with E-state index in [2.05, 4.69) is 10.1 Å². The van der Waals surface area contributed by atoms with E-state index >= 15 is 0 Å². The zero-order valence-corrected chi connectivity index (χ0v) is 13.6. The van der Waals surface area contributed by atoms with Gasteiger partial charge in [-0.3, -0.25) is 4.79 Å². The monoisotopic (exact) mass is 335 g/mol. The van der Waals surface area contributed by atoms with Gasteiger partial charge in [-0.1, -0.05) is 16.8 Å². The van der Waals surface area contributed by atoms with Gasteiger partial charge in [0, 0.05) is 36.7 Å². The highest BCUT2D eigenvalue weighted by Gasteiger charge is 2.27. The summed E-state index contributed by atoms with van der Waals surface area (Å²) in [5, 5.41) is 4.72. The molecule has 0 radical (unpaired) electrons. The second-order valence-corrected chi connectivity index (χ2v) is 5.99. The first-order valence-corrected chi connectivity index (χ1v) is 7.91. The largest absolute Gasteiger partial charge is 0.375 e. The number of hydrogen-bond acceptors (Lipinski definition) is 5. The number of ether oxygens (including phenoxy) is 1. The number of carbonyl (C=O) groups is 1. The number of aromatic nitrogens is 2. The topological polar surface area (TPSA) is 68.5 Å². The van der Waals surface area contributed by atoms with E-state index in [9.17, 15) is 4.79 Å². The minimum atomic E-state index is 0.0262. The Morgan fingerprint density at radius 2 is 2.04 bits per heavy atom. The Labute approximate surface area is 139 Å². The molecule has 1 aliphatic rings. The van der Waals surface area contributed by atoms with Crippen LogP contribution in [0.4, 0.5) is 0 Å². The summed E-state index contributed by atoms with van der Waals surface area (Å²) in [4.78, 5) is 18.1. The van der Waals surface area contributed by atoms with Crippen molar-refractivity contribution in [1.82, 2.24) is 15.0 Å². The van der Waals surface area contributed by atoms with Gasteiger partial charge in [-0.2, -0.15) is 4.98 Å². The standard InChI is InChI=1S/C16H18ClN3O3/c1-22-10-14(21)20-8-6-12(7-9-20)16-18-15(19-23-16)11-2-4-13(17)5-3-11/h2-5,12H,6-10H2,1H3. The molecule has 0 N–H and O–H groups in total. The Kier molecular flexibility index (Phi) is 4.93. The maximum absolute atomic E-state index is 11.8. The van der Waals surface area contributed by atoms with Crippen molar-refractivity contribution in [3.05, 3.63) is 35.2 Å². The van der Waals surface area contributed by atoms with Crippen LogP contribution in [0.15, 0.2) is 28.8 Å². The highest BCUT2D eigenvalue weighted by Crippen LogP contribution is 2.28. The molecule has 0 aliphatic carbocycles. The van der Waals surface area contributed by atoms with Crippen molar-refractivity contribution in [2.75, 3.05) is 26.8 Å². The summed E-state index contributed by atoms with van der Waals surface area (Å²) in [6.45, 7) is 1.50. The molecule has 1 saturated heterocycles. The van der Waals surface area contributed by atoms with Crippen LogP contribution >= 0.6 is 11.6 Å². The van der Waals surface area contributed by atoms with Crippen molar-refractivity contribution in [2.24, 2.45) is 0 Å². The lowest BCUT2D eigenvalue weighted by Gasteiger charge is -2.30. The molecule has 122 valence electrons. The number of amides is 1. The van der Waals surface area contributed by atoms with Crippen LogP contribution in [0.2, 0.25) is 5.02 Å². The van der Waals surface area contributed by atoms with Gasteiger partial charge in [-0.25, -0.2) is 0 Å². The van der Waals surface area contributed by atoms with Gasteiger partial charge in [0.2, 0.25) is 17.6 Å². The fourth-order valence-electron chi connectivity index (χ4n) is 2.71. The fourth-order valence-corrected chi connectivity index (χ4v) is 2.83. The summed E-state index contributed by atoms with van der Waals surface area (Å²) in [5.74, 6) is 1.41. The molecular formula is C16H18ClN3O3. The molecular weight excluding hydrogens is 318 g/mol. The predicted molar refractivity (Wildman–Crippen MR) is 85.2 cm³/mol. The van der Waals surface area contributed by atoms with Crippen LogP contribution < -0.4 is 0 Å². The molecule has 23 heavy (non-hydrogen) atoms. The van der Waals surface area contributed by atoms with Gasteiger partial charge in [-0.05, 0) is 37.1 Å². The van der Waals surface area contributed by atoms with Crippen LogP contribution in [0.3, 0.4) is 0 Å². The van der Waals surface area contributed by atoms with Crippen LogP contribution in [-0.2, 0) is 9.53 Å². The molecule has 0 bridgehead atoms. The van der Waals surface area contributed by atoms with Gasteiger partial charge < -0.3 is 14.2 Å². The average molecular weight is 336 g/mol. The third-order valence-corrected chi connectivity index (χ3v) is 4.26. The number of piperidine rings is 1. The molecule has 1 fully saturated rings. The number of methoxy groups -OCH3 is 1. The lowest BCUT2D eigenvalue weighted by molar-refractivity contribution is -0.136. The van der Waals surface area contributed by atoms with E-state index in [-0.39, 0.29) is 18.4 Å². The van der Waals surface area contributed by atoms with Gasteiger partial charge in [0.1, 0.15) is 6.61 Å².